The van der Waals surface area contributed by atoms with E-state index in [-0.39, 0.29) is 21.2 Å². The normalized spacial score (nSPS) is 11.3. The van der Waals surface area contributed by atoms with Crippen molar-refractivity contribution in [3.63, 3.8) is 0 Å². The van der Waals surface area contributed by atoms with Crippen LogP contribution in [0.4, 0.5) is 26.3 Å². The van der Waals surface area contributed by atoms with Crippen LogP contribution < -0.4 is 0 Å². The van der Waals surface area contributed by atoms with Crippen LogP contribution in [0.15, 0.2) is 65.1 Å². The molecule has 3 aromatic rings. The van der Waals surface area contributed by atoms with Gasteiger partial charge in [-0.1, -0.05) is 46.3 Å². The van der Waals surface area contributed by atoms with Crippen LogP contribution in [-0.4, -0.2) is 26.2 Å². The number of carbonyl (C=O) groups excluding carboxylic acids is 2. The lowest BCUT2D eigenvalue weighted by Crippen LogP contribution is -2.10. The van der Waals surface area contributed by atoms with Gasteiger partial charge in [0.1, 0.15) is 0 Å². The molecule has 0 saturated carbocycles. The number of carbonyl (C=O) groups is 2. The SMILES string of the molecule is COC(=O)c1ccc(-c2ccccc2C)c(C(F)(F)F)c1.COC(=O)c1ccc(Br)c(C(F)(F)F)c1. The number of aryl methyl sites for hydroxylation is 1. The number of alkyl halides is 6. The minimum Gasteiger partial charge on any atom is -0.465 e. The molecule has 192 valence electrons. The van der Waals surface area contributed by atoms with Crippen molar-refractivity contribution < 1.29 is 45.4 Å². The zero-order chi connectivity index (χ0) is 27.3. The summed E-state index contributed by atoms with van der Waals surface area (Å²) in [6.07, 6.45) is -9.05. The first-order valence-electron chi connectivity index (χ1n) is 10.0. The van der Waals surface area contributed by atoms with Gasteiger partial charge in [-0.05, 0) is 53.9 Å². The smallest absolute Gasteiger partial charge is 0.417 e. The monoisotopic (exact) mass is 576 g/mol. The van der Waals surface area contributed by atoms with Crippen LogP contribution in [0, 0.1) is 6.92 Å². The topological polar surface area (TPSA) is 52.6 Å². The minimum atomic E-state index is -4.55. The van der Waals surface area contributed by atoms with Gasteiger partial charge < -0.3 is 9.47 Å². The molecule has 0 saturated heterocycles. The molecule has 36 heavy (non-hydrogen) atoms. The van der Waals surface area contributed by atoms with Crippen LogP contribution in [0.2, 0.25) is 0 Å². The predicted molar refractivity (Wildman–Crippen MR) is 123 cm³/mol. The van der Waals surface area contributed by atoms with Crippen molar-refractivity contribution in [2.45, 2.75) is 19.3 Å². The van der Waals surface area contributed by atoms with Gasteiger partial charge in [0.25, 0.3) is 0 Å². The fourth-order valence-electron chi connectivity index (χ4n) is 3.12. The molecule has 0 aliphatic rings. The highest BCUT2D eigenvalue weighted by Crippen LogP contribution is 2.39. The number of hydrogen-bond acceptors (Lipinski definition) is 4. The zero-order valence-electron chi connectivity index (χ0n) is 19.1. The van der Waals surface area contributed by atoms with Gasteiger partial charge in [-0.15, -0.1) is 0 Å². The van der Waals surface area contributed by atoms with Gasteiger partial charge in [0.05, 0.1) is 36.5 Å². The fraction of sp³-hybridized carbons (Fsp3) is 0.200. The summed E-state index contributed by atoms with van der Waals surface area (Å²) in [5.41, 5.74) is -0.733. The Balaban J connectivity index is 0.000000269. The molecular weight excluding hydrogens is 558 g/mol. The van der Waals surface area contributed by atoms with Crippen LogP contribution in [0.3, 0.4) is 0 Å². The summed E-state index contributed by atoms with van der Waals surface area (Å²) >= 11 is 2.77. The lowest BCUT2D eigenvalue weighted by molar-refractivity contribution is -0.138. The fourth-order valence-corrected chi connectivity index (χ4v) is 3.59. The van der Waals surface area contributed by atoms with Gasteiger partial charge in [-0.3, -0.25) is 0 Å². The summed E-state index contributed by atoms with van der Waals surface area (Å²) in [5.74, 6) is -1.59. The zero-order valence-corrected chi connectivity index (χ0v) is 20.6. The van der Waals surface area contributed by atoms with Crippen LogP contribution in [0.1, 0.15) is 37.4 Å². The molecule has 0 unspecified atom stereocenters. The van der Waals surface area contributed by atoms with E-state index in [1.807, 2.05) is 0 Å². The van der Waals surface area contributed by atoms with E-state index in [1.54, 1.807) is 31.2 Å². The second-order valence-corrected chi connectivity index (χ2v) is 8.10. The third-order valence-electron chi connectivity index (χ3n) is 4.87. The van der Waals surface area contributed by atoms with E-state index in [0.29, 0.717) is 5.56 Å². The Morgan fingerprint density at radius 3 is 1.64 bits per heavy atom. The summed E-state index contributed by atoms with van der Waals surface area (Å²) in [4.78, 5) is 22.4. The van der Waals surface area contributed by atoms with E-state index in [4.69, 9.17) is 0 Å². The molecule has 0 aromatic heterocycles. The molecule has 0 aliphatic carbocycles. The molecular formula is C25H19BrF6O4. The van der Waals surface area contributed by atoms with Crippen molar-refractivity contribution in [1.82, 2.24) is 0 Å². The summed E-state index contributed by atoms with van der Waals surface area (Å²) in [6.45, 7) is 1.74. The lowest BCUT2D eigenvalue weighted by atomic mass is 9.94. The van der Waals surface area contributed by atoms with Crippen molar-refractivity contribution in [3.05, 3.63) is 93.0 Å². The van der Waals surface area contributed by atoms with Gasteiger partial charge in [0.15, 0.2) is 0 Å². The van der Waals surface area contributed by atoms with E-state index in [1.165, 1.54) is 18.2 Å². The van der Waals surface area contributed by atoms with Crippen molar-refractivity contribution in [1.29, 1.82) is 0 Å². The first-order valence-corrected chi connectivity index (χ1v) is 10.8. The Morgan fingerprint density at radius 2 is 1.17 bits per heavy atom. The van der Waals surface area contributed by atoms with Gasteiger partial charge in [-0.25, -0.2) is 9.59 Å². The summed E-state index contributed by atoms with van der Waals surface area (Å²) in [5, 5.41) is 0. The number of ether oxygens (including phenoxy) is 2. The van der Waals surface area contributed by atoms with Crippen LogP contribution in [0.25, 0.3) is 11.1 Å². The van der Waals surface area contributed by atoms with Crippen molar-refractivity contribution in [2.24, 2.45) is 0 Å². The maximum absolute atomic E-state index is 13.3. The van der Waals surface area contributed by atoms with Gasteiger partial charge in [-0.2, -0.15) is 26.3 Å². The highest BCUT2D eigenvalue weighted by atomic mass is 79.9. The Labute approximate surface area is 211 Å². The van der Waals surface area contributed by atoms with E-state index < -0.39 is 35.4 Å². The molecule has 0 radical (unpaired) electrons. The van der Waals surface area contributed by atoms with Gasteiger partial charge in [0.2, 0.25) is 0 Å². The van der Waals surface area contributed by atoms with Crippen molar-refractivity contribution in [3.8, 4) is 11.1 Å². The molecule has 0 atom stereocenters. The first-order chi connectivity index (χ1) is 16.7. The van der Waals surface area contributed by atoms with Crippen molar-refractivity contribution >= 4 is 27.9 Å². The maximum atomic E-state index is 13.3. The number of halogens is 7. The van der Waals surface area contributed by atoms with Crippen molar-refractivity contribution in [2.75, 3.05) is 14.2 Å². The first kappa shape index (κ1) is 28.9. The predicted octanol–water partition coefficient (Wildman–Crippen LogP) is 7.72. The molecule has 4 nitrogen and oxygen atoms in total. The Hall–Kier alpha value is -3.34. The molecule has 11 heteroatoms. The van der Waals surface area contributed by atoms with Crippen LogP contribution in [0.5, 0.6) is 0 Å². The minimum absolute atomic E-state index is 0.0493. The average molecular weight is 577 g/mol. The molecule has 3 aromatic carbocycles. The molecule has 0 heterocycles. The third kappa shape index (κ3) is 7.09. The molecule has 3 rings (SSSR count). The van der Waals surface area contributed by atoms with Crippen LogP contribution in [-0.2, 0) is 21.8 Å². The summed E-state index contributed by atoms with van der Waals surface area (Å²) in [7, 11) is 2.24. The maximum Gasteiger partial charge on any atom is 0.417 e. The Bertz CT molecular complexity index is 1250. The molecule has 0 fully saturated rings. The Morgan fingerprint density at radius 1 is 0.694 bits per heavy atom. The highest BCUT2D eigenvalue weighted by molar-refractivity contribution is 9.10. The van der Waals surface area contributed by atoms with Crippen LogP contribution >= 0.6 is 15.9 Å². The molecule has 0 bridgehead atoms. The van der Waals surface area contributed by atoms with E-state index in [0.717, 1.165) is 38.0 Å². The standard InChI is InChI=1S/C16H13F3O2.C9H6BrF3O2/c1-10-5-3-4-6-12(10)13-8-7-11(15(20)21-2)9-14(13)16(17,18)19;1-15-8(14)5-2-3-7(10)6(4-5)9(11,12)13/h3-9H,1-2H3;2-4H,1H3. The largest absolute Gasteiger partial charge is 0.465 e. The van der Waals surface area contributed by atoms with E-state index >= 15 is 0 Å². The summed E-state index contributed by atoms with van der Waals surface area (Å²) < 4.78 is 85.7. The Kier molecular flexibility index (Phi) is 9.31. The highest BCUT2D eigenvalue weighted by Gasteiger charge is 2.35. The number of methoxy groups -OCH3 is 2. The quantitative estimate of drug-likeness (QED) is 0.236. The summed E-state index contributed by atoms with van der Waals surface area (Å²) in [6, 6.07) is 13.4. The second kappa shape index (κ2) is 11.6. The lowest BCUT2D eigenvalue weighted by Gasteiger charge is -2.15. The van der Waals surface area contributed by atoms with E-state index in [9.17, 15) is 35.9 Å². The molecule has 0 N–H and O–H groups in total. The number of hydrogen-bond donors (Lipinski definition) is 0. The van der Waals surface area contributed by atoms with Gasteiger partial charge in [0, 0.05) is 4.47 Å². The number of benzene rings is 3. The third-order valence-corrected chi connectivity index (χ3v) is 5.57. The molecule has 0 spiro atoms. The number of rotatable bonds is 3. The number of esters is 2. The molecule has 0 aliphatic heterocycles. The average Bonchev–Trinajstić information content (AvgIpc) is 2.82. The molecule has 0 amide bonds. The van der Waals surface area contributed by atoms with E-state index in [2.05, 4.69) is 25.4 Å². The second-order valence-electron chi connectivity index (χ2n) is 7.25. The van der Waals surface area contributed by atoms with Gasteiger partial charge >= 0.3 is 24.3 Å².